The quantitative estimate of drug-likeness (QED) is 0.718. The van der Waals surface area contributed by atoms with Crippen molar-refractivity contribution in [3.63, 3.8) is 0 Å². The summed E-state index contributed by atoms with van der Waals surface area (Å²) in [5.74, 6) is 0.870. The number of amides is 1. The molecule has 26 heavy (non-hydrogen) atoms. The van der Waals surface area contributed by atoms with Gasteiger partial charge in [-0.3, -0.25) is 4.79 Å². The minimum Gasteiger partial charge on any atom is -0.340 e. The highest BCUT2D eigenvalue weighted by molar-refractivity contribution is 6.03. The zero-order valence-electron chi connectivity index (χ0n) is 15.4. The molecule has 0 unspecified atom stereocenters. The third kappa shape index (κ3) is 4.25. The smallest absolute Gasteiger partial charge is 0.274 e. The van der Waals surface area contributed by atoms with E-state index in [0.717, 1.165) is 22.5 Å². The molecule has 0 fully saturated rings. The first-order valence-corrected chi connectivity index (χ1v) is 8.49. The van der Waals surface area contributed by atoms with Gasteiger partial charge in [-0.05, 0) is 51.5 Å². The molecule has 5 nitrogen and oxygen atoms in total. The van der Waals surface area contributed by atoms with Crippen LogP contribution in [0.2, 0.25) is 0 Å². The van der Waals surface area contributed by atoms with E-state index in [9.17, 15) is 4.79 Å². The lowest BCUT2D eigenvalue weighted by atomic mass is 10.1. The number of carbonyl (C=O) groups excluding carboxylic acids is 1. The van der Waals surface area contributed by atoms with Crippen LogP contribution in [-0.2, 0) is 0 Å². The van der Waals surface area contributed by atoms with E-state index in [-0.39, 0.29) is 5.91 Å². The zero-order chi connectivity index (χ0) is 18.7. The third-order valence-electron chi connectivity index (χ3n) is 4.02. The molecule has 0 bridgehead atoms. The van der Waals surface area contributed by atoms with Crippen LogP contribution in [-0.4, -0.2) is 15.9 Å². The van der Waals surface area contributed by atoms with Crippen molar-refractivity contribution < 1.29 is 4.79 Å². The summed E-state index contributed by atoms with van der Waals surface area (Å²) in [5, 5.41) is 6.14. The second kappa shape index (κ2) is 7.35. The molecule has 3 aromatic rings. The molecule has 1 amide bonds. The first-order chi connectivity index (χ1) is 12.4. The second-order valence-corrected chi connectivity index (χ2v) is 6.45. The fraction of sp³-hybridized carbons (Fsp3) is 0.190. The number of nitrogens with one attached hydrogen (secondary N) is 2. The van der Waals surface area contributed by atoms with Crippen molar-refractivity contribution >= 4 is 23.1 Å². The summed E-state index contributed by atoms with van der Waals surface area (Å²) >= 11 is 0. The Bertz CT molecular complexity index is 949. The molecule has 2 N–H and O–H groups in total. The van der Waals surface area contributed by atoms with E-state index < -0.39 is 0 Å². The molecule has 0 spiro atoms. The Morgan fingerprint density at radius 3 is 2.23 bits per heavy atom. The molecule has 5 heteroatoms. The minimum atomic E-state index is -0.255. The van der Waals surface area contributed by atoms with Crippen LogP contribution in [0.1, 0.15) is 33.0 Å². The number of hydrogen-bond donors (Lipinski definition) is 2. The fourth-order valence-corrected chi connectivity index (χ4v) is 2.67. The molecule has 0 aliphatic heterocycles. The SMILES string of the molecule is Cc1ccc(Nc2cc(C(=O)Nc3ccc(C)cc3C)nc(C)n2)cc1. The molecule has 3 rings (SSSR count). The third-order valence-corrected chi connectivity index (χ3v) is 4.02. The van der Waals surface area contributed by atoms with Crippen LogP contribution >= 0.6 is 0 Å². The van der Waals surface area contributed by atoms with Crippen molar-refractivity contribution in [2.24, 2.45) is 0 Å². The van der Waals surface area contributed by atoms with Gasteiger partial charge in [-0.25, -0.2) is 9.97 Å². The van der Waals surface area contributed by atoms with Crippen LogP contribution in [0.15, 0.2) is 48.5 Å². The number of rotatable bonds is 4. The summed E-state index contributed by atoms with van der Waals surface area (Å²) in [6.45, 7) is 7.80. The first kappa shape index (κ1) is 17.6. The van der Waals surface area contributed by atoms with Gasteiger partial charge >= 0.3 is 0 Å². The van der Waals surface area contributed by atoms with Gasteiger partial charge in [0, 0.05) is 17.4 Å². The number of aryl methyl sites for hydroxylation is 4. The Labute approximate surface area is 153 Å². The highest BCUT2D eigenvalue weighted by atomic mass is 16.1. The summed E-state index contributed by atoms with van der Waals surface area (Å²) in [6.07, 6.45) is 0. The lowest BCUT2D eigenvalue weighted by Gasteiger charge is -2.11. The number of benzene rings is 2. The van der Waals surface area contributed by atoms with Crippen LogP contribution in [0, 0.1) is 27.7 Å². The van der Waals surface area contributed by atoms with E-state index in [0.29, 0.717) is 17.3 Å². The molecular formula is C21H22N4O. The minimum absolute atomic E-state index is 0.255. The van der Waals surface area contributed by atoms with Crippen LogP contribution in [0.3, 0.4) is 0 Å². The van der Waals surface area contributed by atoms with E-state index in [1.54, 1.807) is 13.0 Å². The number of hydrogen-bond acceptors (Lipinski definition) is 4. The number of nitrogens with zero attached hydrogens (tertiary/aromatic N) is 2. The van der Waals surface area contributed by atoms with Gasteiger partial charge in [0.15, 0.2) is 0 Å². The van der Waals surface area contributed by atoms with E-state index in [4.69, 9.17) is 0 Å². The highest BCUT2D eigenvalue weighted by Gasteiger charge is 2.12. The molecule has 0 aliphatic carbocycles. The van der Waals surface area contributed by atoms with Crippen molar-refractivity contribution in [2.45, 2.75) is 27.7 Å². The van der Waals surface area contributed by atoms with Crippen molar-refractivity contribution in [2.75, 3.05) is 10.6 Å². The van der Waals surface area contributed by atoms with Crippen molar-refractivity contribution in [1.29, 1.82) is 0 Å². The molecule has 0 saturated heterocycles. The Balaban J connectivity index is 1.82. The standard InChI is InChI=1S/C21H22N4O/c1-13-5-8-17(9-6-13)24-20-12-19(22-16(4)23-20)21(26)25-18-10-7-14(2)11-15(18)3/h5-12H,1-4H3,(H,25,26)(H,22,23,24). The van der Waals surface area contributed by atoms with Crippen LogP contribution in [0.4, 0.5) is 17.2 Å². The maximum atomic E-state index is 12.6. The molecule has 2 aromatic carbocycles. The van der Waals surface area contributed by atoms with Gasteiger partial charge in [0.2, 0.25) is 0 Å². The van der Waals surface area contributed by atoms with E-state index in [1.165, 1.54) is 5.56 Å². The van der Waals surface area contributed by atoms with Crippen LogP contribution in [0.25, 0.3) is 0 Å². The molecule has 1 heterocycles. The lowest BCUT2D eigenvalue weighted by Crippen LogP contribution is -2.16. The average molecular weight is 346 g/mol. The van der Waals surface area contributed by atoms with E-state index in [2.05, 4.69) is 20.6 Å². The summed E-state index contributed by atoms with van der Waals surface area (Å²) in [7, 11) is 0. The Morgan fingerprint density at radius 1 is 0.846 bits per heavy atom. The molecule has 1 aromatic heterocycles. The topological polar surface area (TPSA) is 66.9 Å². The summed E-state index contributed by atoms with van der Waals surface area (Å²) in [4.78, 5) is 21.3. The van der Waals surface area contributed by atoms with E-state index >= 15 is 0 Å². The van der Waals surface area contributed by atoms with Gasteiger partial charge in [0.1, 0.15) is 17.3 Å². The van der Waals surface area contributed by atoms with Gasteiger partial charge in [-0.1, -0.05) is 35.4 Å². The molecule has 0 saturated carbocycles. The Kier molecular flexibility index (Phi) is 4.98. The maximum absolute atomic E-state index is 12.6. The fourth-order valence-electron chi connectivity index (χ4n) is 2.67. The summed E-state index contributed by atoms with van der Waals surface area (Å²) in [6, 6.07) is 15.6. The Morgan fingerprint density at radius 2 is 1.54 bits per heavy atom. The van der Waals surface area contributed by atoms with Crippen molar-refractivity contribution in [1.82, 2.24) is 9.97 Å². The van der Waals surface area contributed by atoms with Crippen molar-refractivity contribution in [3.8, 4) is 0 Å². The summed E-state index contributed by atoms with van der Waals surface area (Å²) < 4.78 is 0. The lowest BCUT2D eigenvalue weighted by molar-refractivity contribution is 0.102. The predicted octanol–water partition coefficient (Wildman–Crippen LogP) is 4.71. The molecule has 0 atom stereocenters. The van der Waals surface area contributed by atoms with Gasteiger partial charge in [-0.15, -0.1) is 0 Å². The average Bonchev–Trinajstić information content (AvgIpc) is 2.59. The first-order valence-electron chi connectivity index (χ1n) is 8.49. The number of carbonyl (C=O) groups is 1. The zero-order valence-corrected chi connectivity index (χ0v) is 15.4. The summed E-state index contributed by atoms with van der Waals surface area (Å²) in [5.41, 5.74) is 5.37. The molecule has 132 valence electrons. The number of anilines is 3. The van der Waals surface area contributed by atoms with Gasteiger partial charge < -0.3 is 10.6 Å². The molecule has 0 radical (unpaired) electrons. The maximum Gasteiger partial charge on any atom is 0.274 e. The predicted molar refractivity (Wildman–Crippen MR) is 105 cm³/mol. The van der Waals surface area contributed by atoms with E-state index in [1.807, 2.05) is 63.2 Å². The molecular weight excluding hydrogens is 324 g/mol. The number of aromatic nitrogens is 2. The van der Waals surface area contributed by atoms with Gasteiger partial charge in [-0.2, -0.15) is 0 Å². The molecule has 0 aliphatic rings. The van der Waals surface area contributed by atoms with Gasteiger partial charge in [0.05, 0.1) is 0 Å². The highest BCUT2D eigenvalue weighted by Crippen LogP contribution is 2.19. The monoisotopic (exact) mass is 346 g/mol. The van der Waals surface area contributed by atoms with Crippen molar-refractivity contribution in [3.05, 3.63) is 76.7 Å². The van der Waals surface area contributed by atoms with Crippen LogP contribution in [0.5, 0.6) is 0 Å². The van der Waals surface area contributed by atoms with Crippen LogP contribution < -0.4 is 10.6 Å². The second-order valence-electron chi connectivity index (χ2n) is 6.45. The normalized spacial score (nSPS) is 10.5. The Hall–Kier alpha value is -3.21. The van der Waals surface area contributed by atoms with Gasteiger partial charge in [0.25, 0.3) is 5.91 Å². The largest absolute Gasteiger partial charge is 0.340 e.